The van der Waals surface area contributed by atoms with E-state index in [2.05, 4.69) is 59.0 Å². The number of rotatable bonds is 8. The molecular formula is C23H19BrFN9O. The first-order valence-corrected chi connectivity index (χ1v) is 12.0. The van der Waals surface area contributed by atoms with Gasteiger partial charge in [0.05, 0.1) is 28.6 Å². The lowest BCUT2D eigenvalue weighted by molar-refractivity contribution is 0.0977. The Morgan fingerprint density at radius 2 is 2.00 bits per heavy atom. The second kappa shape index (κ2) is 8.77. The van der Waals surface area contributed by atoms with Crippen molar-refractivity contribution in [3.8, 4) is 5.69 Å². The van der Waals surface area contributed by atoms with Gasteiger partial charge in [-0.15, -0.1) is 10.2 Å². The lowest BCUT2D eigenvalue weighted by Crippen LogP contribution is -2.08. The molecule has 0 N–H and O–H groups in total. The summed E-state index contributed by atoms with van der Waals surface area (Å²) in [5.41, 5.74) is 4.07. The normalized spacial score (nSPS) is 13.5. The van der Waals surface area contributed by atoms with Crippen molar-refractivity contribution in [1.29, 1.82) is 0 Å². The number of carbonyl (C=O) groups excluding carboxylic acids is 1. The van der Waals surface area contributed by atoms with E-state index in [0.29, 0.717) is 28.2 Å². The molecular weight excluding hydrogens is 517 g/mol. The molecule has 0 atom stereocenters. The average Bonchev–Trinajstić information content (AvgIpc) is 3.23. The highest BCUT2D eigenvalue weighted by molar-refractivity contribution is 9.10. The van der Waals surface area contributed by atoms with Crippen LogP contribution in [0.4, 0.5) is 4.39 Å². The minimum absolute atomic E-state index is 0.0551. The van der Waals surface area contributed by atoms with Gasteiger partial charge in [-0.05, 0) is 75.3 Å². The summed E-state index contributed by atoms with van der Waals surface area (Å²) in [7, 11) is 0. The third-order valence-corrected chi connectivity index (χ3v) is 6.70. The van der Waals surface area contributed by atoms with Gasteiger partial charge >= 0.3 is 0 Å². The number of carbonyl (C=O) groups is 1. The fourth-order valence-corrected chi connectivity index (χ4v) is 4.51. The number of pyridine rings is 1. The highest BCUT2D eigenvalue weighted by atomic mass is 79.9. The number of aromatic nitrogens is 9. The highest BCUT2D eigenvalue weighted by Gasteiger charge is 2.24. The topological polar surface area (TPSA) is 109 Å². The Morgan fingerprint density at radius 1 is 1.11 bits per heavy atom. The maximum atomic E-state index is 14.8. The van der Waals surface area contributed by atoms with Crippen LogP contribution in [0.1, 0.15) is 52.5 Å². The molecule has 1 aromatic carbocycles. The zero-order chi connectivity index (χ0) is 23.9. The highest BCUT2D eigenvalue weighted by Crippen LogP contribution is 2.39. The maximum absolute atomic E-state index is 14.8. The van der Waals surface area contributed by atoms with Crippen molar-refractivity contribution >= 4 is 27.4 Å². The zero-order valence-electron chi connectivity index (χ0n) is 18.4. The Balaban J connectivity index is 1.15. The largest absolute Gasteiger partial charge is 0.306 e. The minimum Gasteiger partial charge on any atom is -0.306 e. The van der Waals surface area contributed by atoms with Crippen LogP contribution in [-0.4, -0.2) is 50.4 Å². The van der Waals surface area contributed by atoms with Crippen LogP contribution in [0.25, 0.3) is 11.3 Å². The molecule has 6 rings (SSSR count). The van der Waals surface area contributed by atoms with Gasteiger partial charge in [0.2, 0.25) is 0 Å². The molecule has 0 spiro atoms. The summed E-state index contributed by atoms with van der Waals surface area (Å²) in [4.78, 5) is 17.4. The minimum atomic E-state index is -0.453. The van der Waals surface area contributed by atoms with E-state index >= 15 is 0 Å². The van der Waals surface area contributed by atoms with Crippen LogP contribution in [0.5, 0.6) is 0 Å². The Bertz CT molecular complexity index is 1540. The van der Waals surface area contributed by atoms with Crippen LogP contribution in [0.2, 0.25) is 0 Å². The molecule has 1 saturated carbocycles. The monoisotopic (exact) mass is 535 g/mol. The van der Waals surface area contributed by atoms with Gasteiger partial charge in [0.1, 0.15) is 23.5 Å². The first-order valence-electron chi connectivity index (χ1n) is 11.2. The molecule has 0 unspecified atom stereocenters. The van der Waals surface area contributed by atoms with E-state index in [0.717, 1.165) is 11.3 Å². The Morgan fingerprint density at radius 3 is 2.80 bits per heavy atom. The number of fused-ring (bicyclic) bond motifs is 1. The molecule has 1 aliphatic rings. The zero-order valence-corrected chi connectivity index (χ0v) is 20.0. The molecule has 0 amide bonds. The summed E-state index contributed by atoms with van der Waals surface area (Å²) >= 11 is 3.20. The van der Waals surface area contributed by atoms with Crippen LogP contribution in [0, 0.1) is 5.82 Å². The van der Waals surface area contributed by atoms with E-state index in [1.54, 1.807) is 23.0 Å². The van der Waals surface area contributed by atoms with Crippen molar-refractivity contribution < 1.29 is 9.18 Å². The first kappa shape index (κ1) is 21.7. The number of Topliss-reactive ketones (excluding diaryl/α,β-unsaturated/α-hetero) is 1. The van der Waals surface area contributed by atoms with E-state index in [1.165, 1.54) is 29.4 Å². The predicted molar refractivity (Wildman–Crippen MR) is 126 cm³/mol. The van der Waals surface area contributed by atoms with E-state index < -0.39 is 5.82 Å². The van der Waals surface area contributed by atoms with Gasteiger partial charge in [0.15, 0.2) is 5.78 Å². The van der Waals surface area contributed by atoms with Crippen molar-refractivity contribution in [2.75, 3.05) is 0 Å². The number of nitrogens with zero attached hydrogens (tertiary/aromatic N) is 9. The van der Waals surface area contributed by atoms with E-state index in [4.69, 9.17) is 0 Å². The molecule has 0 bridgehead atoms. The Labute approximate surface area is 206 Å². The number of imidazole rings is 1. The Hall–Kier alpha value is -3.80. The molecule has 1 aliphatic carbocycles. The van der Waals surface area contributed by atoms with Crippen molar-refractivity contribution in [3.05, 3.63) is 82.0 Å². The number of hydrogen-bond donors (Lipinski definition) is 0. The molecule has 5 aromatic rings. The van der Waals surface area contributed by atoms with Crippen molar-refractivity contribution in [1.82, 2.24) is 44.6 Å². The fraction of sp³-hybridized carbons (Fsp3) is 0.261. The fourth-order valence-electron chi connectivity index (χ4n) is 4.14. The molecule has 0 saturated heterocycles. The van der Waals surface area contributed by atoms with Crippen LogP contribution >= 0.6 is 15.9 Å². The lowest BCUT2D eigenvalue weighted by atomic mass is 10.0. The second-order valence-corrected chi connectivity index (χ2v) is 9.43. The molecule has 10 nitrogen and oxygen atoms in total. The lowest BCUT2D eigenvalue weighted by Gasteiger charge is -2.10. The van der Waals surface area contributed by atoms with Crippen molar-refractivity contribution in [2.45, 2.75) is 38.1 Å². The summed E-state index contributed by atoms with van der Waals surface area (Å²) in [5.74, 6) is -0.0166. The Kier molecular flexibility index (Phi) is 5.44. The predicted octanol–water partition coefficient (Wildman–Crippen LogP) is 3.54. The summed E-state index contributed by atoms with van der Waals surface area (Å²) in [6.07, 6.45) is 9.78. The third-order valence-electron chi connectivity index (χ3n) is 6.09. The molecule has 1 fully saturated rings. The van der Waals surface area contributed by atoms with Crippen molar-refractivity contribution in [3.63, 3.8) is 0 Å². The second-order valence-electron chi connectivity index (χ2n) is 8.57. The quantitative estimate of drug-likeness (QED) is 0.279. The van der Waals surface area contributed by atoms with E-state index in [9.17, 15) is 9.18 Å². The first-order chi connectivity index (χ1) is 17.0. The van der Waals surface area contributed by atoms with Gasteiger partial charge in [-0.3, -0.25) is 4.79 Å². The standard InChI is InChI=1S/C23H19BrFN9O/c24-18-5-6-20(34-13-26-29-31-34)17(23(18)25)4-7-21(35)19-12-33(30-28-19)11-16-10-32-9-15(14-1-2-14)3-8-22(32)27-16/h3,5-6,8-10,12-14H,1-2,4,7,11H2. The average molecular weight is 536 g/mol. The van der Waals surface area contributed by atoms with Gasteiger partial charge in [-0.2, -0.15) is 0 Å². The molecule has 176 valence electrons. The number of halogens is 2. The van der Waals surface area contributed by atoms with Gasteiger partial charge < -0.3 is 4.40 Å². The van der Waals surface area contributed by atoms with Crippen molar-refractivity contribution in [2.24, 2.45) is 0 Å². The van der Waals surface area contributed by atoms with Crippen LogP contribution in [-0.2, 0) is 13.0 Å². The molecule has 0 radical (unpaired) electrons. The number of hydrogen-bond acceptors (Lipinski definition) is 7. The van der Waals surface area contributed by atoms with E-state index in [1.807, 2.05) is 16.7 Å². The van der Waals surface area contributed by atoms with Crippen LogP contribution in [0.3, 0.4) is 0 Å². The van der Waals surface area contributed by atoms with Gasteiger partial charge in [-0.25, -0.2) is 18.7 Å². The van der Waals surface area contributed by atoms with Gasteiger partial charge in [0.25, 0.3) is 0 Å². The molecule has 4 heterocycles. The SMILES string of the molecule is O=C(CCc1c(-n2cnnn2)ccc(Br)c1F)c1cn(Cc2cn3cc(C4CC4)ccc3n2)nn1. The summed E-state index contributed by atoms with van der Waals surface area (Å²) in [5, 5.41) is 19.2. The number of ketones is 1. The summed E-state index contributed by atoms with van der Waals surface area (Å²) in [6.45, 7) is 0.393. The summed E-state index contributed by atoms with van der Waals surface area (Å²) < 4.78 is 20.1. The molecule has 12 heteroatoms. The maximum Gasteiger partial charge on any atom is 0.185 e. The molecule has 35 heavy (non-hydrogen) atoms. The van der Waals surface area contributed by atoms with Crippen LogP contribution in [0.15, 0.2) is 53.7 Å². The van der Waals surface area contributed by atoms with Gasteiger partial charge in [0, 0.05) is 24.4 Å². The number of tetrazole rings is 1. The molecule has 4 aromatic heterocycles. The van der Waals surface area contributed by atoms with Crippen LogP contribution < -0.4 is 0 Å². The molecule has 0 aliphatic heterocycles. The number of benzene rings is 1. The third kappa shape index (κ3) is 4.36. The smallest absolute Gasteiger partial charge is 0.185 e. The summed E-state index contributed by atoms with van der Waals surface area (Å²) in [6, 6.07) is 7.44. The van der Waals surface area contributed by atoms with Gasteiger partial charge in [-0.1, -0.05) is 11.3 Å². The van der Waals surface area contributed by atoms with E-state index in [-0.39, 0.29) is 24.3 Å².